The second-order valence-corrected chi connectivity index (χ2v) is 5.95. The standard InChI is InChI=1S/C16H22BrNO2/c1-3-20-15-8-7-13(9-12(15)10-17)18-16(19)14-6-4-5-11(14)2/h7-9,11,14H,3-6,10H2,1-2H3,(H,18,19). The van der Waals surface area contributed by atoms with Crippen molar-refractivity contribution in [2.45, 2.75) is 38.4 Å². The third-order valence-electron chi connectivity index (χ3n) is 3.97. The largest absolute Gasteiger partial charge is 0.494 e. The SMILES string of the molecule is CCOc1ccc(NC(=O)C2CCCC2C)cc1CBr. The summed E-state index contributed by atoms with van der Waals surface area (Å²) >= 11 is 3.46. The maximum atomic E-state index is 12.3. The van der Waals surface area contributed by atoms with Crippen molar-refractivity contribution in [3.8, 4) is 5.75 Å². The molecule has 1 N–H and O–H groups in total. The van der Waals surface area contributed by atoms with Gasteiger partial charge in [-0.15, -0.1) is 0 Å². The molecule has 1 fully saturated rings. The van der Waals surface area contributed by atoms with E-state index in [9.17, 15) is 4.79 Å². The molecule has 0 heterocycles. The number of amides is 1. The van der Waals surface area contributed by atoms with Crippen molar-refractivity contribution in [3.05, 3.63) is 23.8 Å². The van der Waals surface area contributed by atoms with E-state index in [2.05, 4.69) is 28.2 Å². The van der Waals surface area contributed by atoms with E-state index in [0.717, 1.165) is 36.3 Å². The van der Waals surface area contributed by atoms with Crippen molar-refractivity contribution >= 4 is 27.5 Å². The molecular weight excluding hydrogens is 318 g/mol. The number of halogens is 1. The van der Waals surface area contributed by atoms with Crippen LogP contribution in [0.3, 0.4) is 0 Å². The van der Waals surface area contributed by atoms with Gasteiger partial charge in [-0.1, -0.05) is 29.3 Å². The third-order valence-corrected chi connectivity index (χ3v) is 4.57. The molecule has 1 aromatic rings. The quantitative estimate of drug-likeness (QED) is 0.809. The van der Waals surface area contributed by atoms with Crippen LogP contribution in [0.15, 0.2) is 18.2 Å². The van der Waals surface area contributed by atoms with Crippen molar-refractivity contribution in [2.24, 2.45) is 11.8 Å². The minimum atomic E-state index is 0.152. The van der Waals surface area contributed by atoms with Crippen LogP contribution in [0.1, 0.15) is 38.7 Å². The molecule has 2 rings (SSSR count). The molecule has 110 valence electrons. The van der Waals surface area contributed by atoms with Crippen LogP contribution in [0.2, 0.25) is 0 Å². The number of hydrogen-bond donors (Lipinski definition) is 1. The summed E-state index contributed by atoms with van der Waals surface area (Å²) in [7, 11) is 0. The minimum absolute atomic E-state index is 0.152. The molecular formula is C16H22BrNO2. The van der Waals surface area contributed by atoms with Gasteiger partial charge in [0, 0.05) is 22.5 Å². The number of nitrogens with one attached hydrogen (secondary N) is 1. The Morgan fingerprint density at radius 1 is 1.45 bits per heavy atom. The summed E-state index contributed by atoms with van der Waals surface area (Å²) in [6.45, 7) is 4.78. The molecule has 0 spiro atoms. The van der Waals surface area contributed by atoms with Gasteiger partial charge in [-0.25, -0.2) is 0 Å². The van der Waals surface area contributed by atoms with E-state index in [-0.39, 0.29) is 11.8 Å². The number of benzene rings is 1. The van der Waals surface area contributed by atoms with E-state index >= 15 is 0 Å². The molecule has 0 saturated heterocycles. The number of anilines is 1. The zero-order chi connectivity index (χ0) is 14.5. The average Bonchev–Trinajstić information content (AvgIpc) is 2.87. The molecule has 0 radical (unpaired) electrons. The number of hydrogen-bond acceptors (Lipinski definition) is 2. The van der Waals surface area contributed by atoms with Gasteiger partial charge in [0.15, 0.2) is 0 Å². The van der Waals surface area contributed by atoms with Crippen LogP contribution in [0.25, 0.3) is 0 Å². The van der Waals surface area contributed by atoms with Gasteiger partial charge < -0.3 is 10.1 Å². The van der Waals surface area contributed by atoms with Crippen LogP contribution in [0.4, 0.5) is 5.69 Å². The van der Waals surface area contributed by atoms with Crippen LogP contribution < -0.4 is 10.1 Å². The summed E-state index contributed by atoms with van der Waals surface area (Å²) in [4.78, 5) is 12.3. The van der Waals surface area contributed by atoms with Crippen LogP contribution in [0, 0.1) is 11.8 Å². The fraction of sp³-hybridized carbons (Fsp3) is 0.562. The molecule has 0 aromatic heterocycles. The lowest BCUT2D eigenvalue weighted by Gasteiger charge is -2.16. The zero-order valence-corrected chi connectivity index (χ0v) is 13.7. The topological polar surface area (TPSA) is 38.3 Å². The predicted molar refractivity (Wildman–Crippen MR) is 85.4 cm³/mol. The molecule has 2 atom stereocenters. The minimum Gasteiger partial charge on any atom is -0.494 e. The van der Waals surface area contributed by atoms with Gasteiger partial charge >= 0.3 is 0 Å². The summed E-state index contributed by atoms with van der Waals surface area (Å²) in [5.74, 6) is 1.68. The normalized spacial score (nSPS) is 21.8. The molecule has 1 aromatic carbocycles. The Bertz CT molecular complexity index is 476. The number of carbonyl (C=O) groups is 1. The fourth-order valence-corrected chi connectivity index (χ4v) is 3.27. The Morgan fingerprint density at radius 3 is 2.85 bits per heavy atom. The van der Waals surface area contributed by atoms with E-state index in [1.165, 1.54) is 0 Å². The van der Waals surface area contributed by atoms with Crippen LogP contribution in [0.5, 0.6) is 5.75 Å². The van der Waals surface area contributed by atoms with Gasteiger partial charge in [-0.05, 0) is 43.9 Å². The summed E-state index contributed by atoms with van der Waals surface area (Å²) in [6, 6.07) is 5.82. The number of ether oxygens (including phenoxy) is 1. The highest BCUT2D eigenvalue weighted by Crippen LogP contribution is 2.32. The number of alkyl halides is 1. The molecule has 0 aliphatic heterocycles. The van der Waals surface area contributed by atoms with Gasteiger partial charge in [0.25, 0.3) is 0 Å². The first kappa shape index (κ1) is 15.4. The Morgan fingerprint density at radius 2 is 2.25 bits per heavy atom. The molecule has 1 aliphatic rings. The summed E-state index contributed by atoms with van der Waals surface area (Å²) in [5, 5.41) is 3.76. The summed E-state index contributed by atoms with van der Waals surface area (Å²) < 4.78 is 5.56. The average molecular weight is 340 g/mol. The molecule has 1 aliphatic carbocycles. The maximum Gasteiger partial charge on any atom is 0.227 e. The third kappa shape index (κ3) is 3.54. The van der Waals surface area contributed by atoms with Gasteiger partial charge in [0.2, 0.25) is 5.91 Å². The lowest BCUT2D eigenvalue weighted by atomic mass is 9.97. The second kappa shape index (κ2) is 7.11. The first-order chi connectivity index (χ1) is 9.65. The predicted octanol–water partition coefficient (Wildman–Crippen LogP) is 4.35. The molecule has 0 bridgehead atoms. The van der Waals surface area contributed by atoms with E-state index in [1.54, 1.807) is 0 Å². The first-order valence-corrected chi connectivity index (χ1v) is 8.40. The number of carbonyl (C=O) groups excluding carboxylic acids is 1. The summed E-state index contributed by atoms with van der Waals surface area (Å²) in [5.41, 5.74) is 1.91. The Labute approximate surface area is 129 Å². The van der Waals surface area contributed by atoms with E-state index < -0.39 is 0 Å². The van der Waals surface area contributed by atoms with Gasteiger partial charge in [-0.3, -0.25) is 4.79 Å². The van der Waals surface area contributed by atoms with Gasteiger partial charge in [-0.2, -0.15) is 0 Å². The van der Waals surface area contributed by atoms with Crippen LogP contribution in [-0.4, -0.2) is 12.5 Å². The second-order valence-electron chi connectivity index (χ2n) is 5.39. The van der Waals surface area contributed by atoms with Gasteiger partial charge in [0.05, 0.1) is 6.61 Å². The van der Waals surface area contributed by atoms with Crippen LogP contribution >= 0.6 is 15.9 Å². The smallest absolute Gasteiger partial charge is 0.227 e. The Kier molecular flexibility index (Phi) is 5.46. The summed E-state index contributed by atoms with van der Waals surface area (Å²) in [6.07, 6.45) is 3.33. The molecule has 1 amide bonds. The first-order valence-electron chi connectivity index (χ1n) is 7.28. The molecule has 20 heavy (non-hydrogen) atoms. The molecule has 3 nitrogen and oxygen atoms in total. The molecule has 4 heteroatoms. The highest BCUT2D eigenvalue weighted by Gasteiger charge is 2.29. The number of rotatable bonds is 5. The van der Waals surface area contributed by atoms with Crippen molar-refractivity contribution in [3.63, 3.8) is 0 Å². The Hall–Kier alpha value is -1.03. The van der Waals surface area contributed by atoms with Crippen LogP contribution in [-0.2, 0) is 10.1 Å². The lowest BCUT2D eigenvalue weighted by Crippen LogP contribution is -2.24. The van der Waals surface area contributed by atoms with Crippen molar-refractivity contribution in [1.29, 1.82) is 0 Å². The van der Waals surface area contributed by atoms with Gasteiger partial charge in [0.1, 0.15) is 5.75 Å². The van der Waals surface area contributed by atoms with E-state index in [0.29, 0.717) is 17.9 Å². The molecule has 2 unspecified atom stereocenters. The van der Waals surface area contributed by atoms with Crippen molar-refractivity contribution in [2.75, 3.05) is 11.9 Å². The fourth-order valence-electron chi connectivity index (χ4n) is 2.83. The Balaban J connectivity index is 2.07. The van der Waals surface area contributed by atoms with E-state index in [4.69, 9.17) is 4.74 Å². The maximum absolute atomic E-state index is 12.3. The van der Waals surface area contributed by atoms with Crippen molar-refractivity contribution < 1.29 is 9.53 Å². The zero-order valence-electron chi connectivity index (χ0n) is 12.1. The lowest BCUT2D eigenvalue weighted by molar-refractivity contribution is -0.120. The molecule has 1 saturated carbocycles. The van der Waals surface area contributed by atoms with E-state index in [1.807, 2.05) is 25.1 Å². The highest BCUT2D eigenvalue weighted by molar-refractivity contribution is 9.08. The monoisotopic (exact) mass is 339 g/mol. The highest BCUT2D eigenvalue weighted by atomic mass is 79.9. The van der Waals surface area contributed by atoms with Crippen molar-refractivity contribution in [1.82, 2.24) is 0 Å².